The van der Waals surface area contributed by atoms with Crippen molar-refractivity contribution in [1.29, 1.82) is 0 Å². The first-order valence-electron chi connectivity index (χ1n) is 3.71. The smallest absolute Gasteiger partial charge is 0.292 e. The van der Waals surface area contributed by atoms with E-state index in [-0.39, 0.29) is 5.35 Å². The van der Waals surface area contributed by atoms with E-state index in [4.69, 9.17) is 16.0 Å². The fraction of sp³-hybridized carbons (Fsp3) is 0.571. The van der Waals surface area contributed by atoms with Crippen molar-refractivity contribution in [3.05, 3.63) is 17.3 Å². The third-order valence-electron chi connectivity index (χ3n) is 1.90. The molecule has 0 saturated carbocycles. The van der Waals surface area contributed by atoms with Gasteiger partial charge in [-0.1, -0.05) is 0 Å². The van der Waals surface area contributed by atoms with Crippen molar-refractivity contribution < 1.29 is 4.42 Å². The number of nitrogens with zero attached hydrogens (tertiary/aromatic N) is 1. The molecule has 1 aromatic heterocycles. The van der Waals surface area contributed by atoms with Crippen LogP contribution in [-0.4, -0.2) is 11.5 Å². The van der Waals surface area contributed by atoms with Gasteiger partial charge in [0.2, 0.25) is 0 Å². The van der Waals surface area contributed by atoms with Crippen LogP contribution in [0.15, 0.2) is 10.6 Å². The molecule has 4 heteroatoms. The average Bonchev–Trinajstić information content (AvgIpc) is 2.55. The molecule has 1 fully saturated rings. The van der Waals surface area contributed by atoms with Gasteiger partial charge in [0.15, 0.2) is 0 Å². The monoisotopic (exact) mass is 172 g/mol. The second-order valence-corrected chi connectivity index (χ2v) is 2.99. The van der Waals surface area contributed by atoms with E-state index in [1.165, 1.54) is 6.42 Å². The Morgan fingerprint density at radius 3 is 3.18 bits per heavy atom. The van der Waals surface area contributed by atoms with Crippen molar-refractivity contribution in [3.63, 3.8) is 0 Å². The minimum absolute atomic E-state index is 0.230. The summed E-state index contributed by atoms with van der Waals surface area (Å²) >= 11 is 5.53. The summed E-state index contributed by atoms with van der Waals surface area (Å²) in [6.07, 6.45) is 4.00. The summed E-state index contributed by atoms with van der Waals surface area (Å²) in [5.41, 5.74) is 0. The Labute approximate surface area is 69.8 Å². The Hall–Kier alpha value is -0.540. The van der Waals surface area contributed by atoms with Gasteiger partial charge in [-0.15, -0.1) is 0 Å². The van der Waals surface area contributed by atoms with Gasteiger partial charge in [-0.05, 0) is 31.0 Å². The molecule has 0 bridgehead atoms. The van der Waals surface area contributed by atoms with Gasteiger partial charge in [0.05, 0.1) is 12.2 Å². The predicted octanol–water partition coefficient (Wildman–Crippen LogP) is 1.75. The molecule has 11 heavy (non-hydrogen) atoms. The fourth-order valence-corrected chi connectivity index (χ4v) is 1.49. The number of nitrogens with one attached hydrogen (secondary N) is 1. The van der Waals surface area contributed by atoms with Crippen LogP contribution in [0, 0.1) is 0 Å². The molecule has 0 aromatic carbocycles. The Morgan fingerprint density at radius 1 is 1.73 bits per heavy atom. The van der Waals surface area contributed by atoms with Crippen LogP contribution in [0.1, 0.15) is 24.6 Å². The van der Waals surface area contributed by atoms with E-state index >= 15 is 0 Å². The highest BCUT2D eigenvalue weighted by molar-refractivity contribution is 6.27. The summed E-state index contributed by atoms with van der Waals surface area (Å²) in [5, 5.41) is 3.52. The third-order valence-corrected chi connectivity index (χ3v) is 2.07. The summed E-state index contributed by atoms with van der Waals surface area (Å²) in [7, 11) is 0. The second-order valence-electron chi connectivity index (χ2n) is 2.66. The van der Waals surface area contributed by atoms with E-state index in [2.05, 4.69) is 10.3 Å². The lowest BCUT2D eigenvalue weighted by atomic mass is 10.2. The van der Waals surface area contributed by atoms with Gasteiger partial charge < -0.3 is 9.73 Å². The van der Waals surface area contributed by atoms with Crippen molar-refractivity contribution in [2.45, 2.75) is 18.9 Å². The quantitative estimate of drug-likeness (QED) is 0.702. The number of aromatic nitrogens is 1. The molecule has 60 valence electrons. The van der Waals surface area contributed by atoms with E-state index in [1.54, 1.807) is 6.20 Å². The van der Waals surface area contributed by atoms with Crippen LogP contribution in [-0.2, 0) is 0 Å². The maximum absolute atomic E-state index is 5.53. The summed E-state index contributed by atoms with van der Waals surface area (Å²) < 4.78 is 5.16. The van der Waals surface area contributed by atoms with Crippen LogP contribution in [0.5, 0.6) is 0 Å². The van der Waals surface area contributed by atoms with Crippen molar-refractivity contribution in [1.82, 2.24) is 10.3 Å². The number of halogens is 1. The van der Waals surface area contributed by atoms with Crippen molar-refractivity contribution >= 4 is 11.6 Å². The van der Waals surface area contributed by atoms with Crippen LogP contribution in [0.3, 0.4) is 0 Å². The summed E-state index contributed by atoms with van der Waals surface area (Å²) in [6.45, 7) is 1.06. The van der Waals surface area contributed by atoms with Crippen molar-refractivity contribution in [2.75, 3.05) is 6.54 Å². The van der Waals surface area contributed by atoms with Gasteiger partial charge >= 0.3 is 0 Å². The fourth-order valence-electron chi connectivity index (χ4n) is 1.35. The zero-order chi connectivity index (χ0) is 7.68. The van der Waals surface area contributed by atoms with E-state index in [0.29, 0.717) is 6.04 Å². The van der Waals surface area contributed by atoms with Crippen LogP contribution < -0.4 is 5.32 Å². The second kappa shape index (κ2) is 2.83. The first kappa shape index (κ1) is 7.13. The Kier molecular flexibility index (Phi) is 1.84. The maximum Gasteiger partial charge on any atom is 0.292 e. The zero-order valence-electron chi connectivity index (χ0n) is 6.01. The zero-order valence-corrected chi connectivity index (χ0v) is 6.77. The molecule has 0 amide bonds. The summed E-state index contributed by atoms with van der Waals surface area (Å²) in [4.78, 5) is 3.82. The molecule has 1 N–H and O–H groups in total. The lowest BCUT2D eigenvalue weighted by molar-refractivity contribution is 0.444. The van der Waals surface area contributed by atoms with Gasteiger partial charge in [0, 0.05) is 0 Å². The van der Waals surface area contributed by atoms with E-state index in [1.807, 2.05) is 0 Å². The molecule has 1 aliphatic rings. The van der Waals surface area contributed by atoms with Gasteiger partial charge in [0.25, 0.3) is 5.35 Å². The molecular weight excluding hydrogens is 164 g/mol. The van der Waals surface area contributed by atoms with Gasteiger partial charge in [-0.2, -0.15) is 0 Å². The largest absolute Gasteiger partial charge is 0.431 e. The normalized spacial score (nSPS) is 24.3. The van der Waals surface area contributed by atoms with Gasteiger partial charge in [0.1, 0.15) is 5.76 Å². The topological polar surface area (TPSA) is 38.1 Å². The third kappa shape index (κ3) is 1.39. The van der Waals surface area contributed by atoms with Gasteiger partial charge in [-0.3, -0.25) is 0 Å². The number of oxazole rings is 1. The minimum Gasteiger partial charge on any atom is -0.431 e. The van der Waals surface area contributed by atoms with E-state index in [9.17, 15) is 0 Å². The molecule has 0 spiro atoms. The first-order chi connectivity index (χ1) is 5.36. The highest BCUT2D eigenvalue weighted by atomic mass is 35.5. The van der Waals surface area contributed by atoms with E-state index < -0.39 is 0 Å². The molecule has 2 heterocycles. The molecule has 1 unspecified atom stereocenters. The molecule has 1 aliphatic heterocycles. The standard InChI is InChI=1S/C7H9ClN2O/c8-7-10-4-6(11-7)5-2-1-3-9-5/h4-5,9H,1-3H2. The molecule has 2 rings (SSSR count). The highest BCUT2D eigenvalue weighted by Crippen LogP contribution is 2.24. The predicted molar refractivity (Wildman–Crippen MR) is 41.5 cm³/mol. The summed E-state index contributed by atoms with van der Waals surface area (Å²) in [5.74, 6) is 0.854. The van der Waals surface area contributed by atoms with Crippen LogP contribution in [0.4, 0.5) is 0 Å². The first-order valence-corrected chi connectivity index (χ1v) is 4.08. The highest BCUT2D eigenvalue weighted by Gasteiger charge is 2.19. The molecule has 3 nitrogen and oxygen atoms in total. The van der Waals surface area contributed by atoms with Crippen LogP contribution in [0.25, 0.3) is 0 Å². The van der Waals surface area contributed by atoms with Crippen LogP contribution in [0.2, 0.25) is 5.35 Å². The SMILES string of the molecule is Clc1ncc(C2CCCN2)o1. The van der Waals surface area contributed by atoms with E-state index in [0.717, 1.165) is 18.7 Å². The Bertz CT molecular complexity index is 242. The average molecular weight is 173 g/mol. The molecular formula is C7H9ClN2O. The molecule has 1 aromatic rings. The van der Waals surface area contributed by atoms with Crippen molar-refractivity contribution in [2.24, 2.45) is 0 Å². The molecule has 0 aliphatic carbocycles. The maximum atomic E-state index is 5.53. The number of hydrogen-bond donors (Lipinski definition) is 1. The molecule has 1 atom stereocenters. The van der Waals surface area contributed by atoms with Gasteiger partial charge in [-0.25, -0.2) is 4.98 Å². The number of hydrogen-bond acceptors (Lipinski definition) is 3. The minimum atomic E-state index is 0.230. The Balaban J connectivity index is 2.15. The Morgan fingerprint density at radius 2 is 2.64 bits per heavy atom. The number of rotatable bonds is 1. The lowest BCUT2D eigenvalue weighted by Crippen LogP contribution is -2.11. The molecule has 0 radical (unpaired) electrons. The molecule has 1 saturated heterocycles. The lowest BCUT2D eigenvalue weighted by Gasteiger charge is -2.03. The van der Waals surface area contributed by atoms with Crippen molar-refractivity contribution in [3.8, 4) is 0 Å². The van der Waals surface area contributed by atoms with Crippen LogP contribution >= 0.6 is 11.6 Å². The summed E-state index contributed by atoms with van der Waals surface area (Å²) in [6, 6.07) is 0.329.